The van der Waals surface area contributed by atoms with Gasteiger partial charge in [0.25, 0.3) is 11.4 Å². The van der Waals surface area contributed by atoms with E-state index in [-0.39, 0.29) is 23.3 Å². The van der Waals surface area contributed by atoms with E-state index in [9.17, 15) is 25.0 Å². The summed E-state index contributed by atoms with van der Waals surface area (Å²) in [5.41, 5.74) is 2.64. The van der Waals surface area contributed by atoms with Crippen molar-refractivity contribution in [3.05, 3.63) is 91.2 Å². The third-order valence-corrected chi connectivity index (χ3v) is 4.64. The molecule has 0 saturated heterocycles. The van der Waals surface area contributed by atoms with Crippen LogP contribution < -0.4 is 10.6 Å². The highest BCUT2D eigenvalue weighted by Crippen LogP contribution is 2.33. The maximum absolute atomic E-state index is 12.2. The number of rotatable bonds is 5. The molecular formula is C19H18N4O5. The van der Waals surface area contributed by atoms with Gasteiger partial charge in [0.15, 0.2) is 5.78 Å². The van der Waals surface area contributed by atoms with Gasteiger partial charge in [0, 0.05) is 35.5 Å². The minimum atomic E-state index is -0.480. The quantitative estimate of drug-likeness (QED) is 0.600. The molecule has 2 aromatic rings. The van der Waals surface area contributed by atoms with E-state index in [1.54, 1.807) is 31.2 Å². The molecule has 9 heteroatoms. The first-order valence-electron chi connectivity index (χ1n) is 8.51. The number of nitrogens with one attached hydrogen (secondary N) is 2. The maximum atomic E-state index is 12.2. The van der Waals surface area contributed by atoms with E-state index in [4.69, 9.17) is 0 Å². The smallest absolute Gasteiger partial charge is 0.269 e. The molecule has 0 unspecified atom stereocenters. The lowest BCUT2D eigenvalue weighted by molar-refractivity contribution is -0.385. The van der Waals surface area contributed by atoms with Gasteiger partial charge in [0.2, 0.25) is 0 Å². The second-order valence-corrected chi connectivity index (χ2v) is 6.47. The molecule has 2 atom stereocenters. The Balaban J connectivity index is 1.97. The first-order chi connectivity index (χ1) is 13.3. The molecule has 28 heavy (non-hydrogen) atoms. The van der Waals surface area contributed by atoms with Gasteiger partial charge in [0.1, 0.15) is 6.17 Å². The van der Waals surface area contributed by atoms with Crippen LogP contribution in [0.3, 0.4) is 0 Å². The van der Waals surface area contributed by atoms with E-state index < -0.39 is 15.9 Å². The maximum Gasteiger partial charge on any atom is 0.269 e. The van der Waals surface area contributed by atoms with Crippen LogP contribution in [0.15, 0.2) is 59.8 Å². The Labute approximate surface area is 160 Å². The molecule has 1 aliphatic heterocycles. The van der Waals surface area contributed by atoms with Gasteiger partial charge in [0.05, 0.1) is 15.9 Å². The standard InChI is InChI=1S/C19H18N4O5/c1-11-17(12(2)24)18(13-3-7-15(8-4-13)22(25)26)21-19(20-11)14-5-9-16(10-6-14)23(27)28/h3-10,18-21H,1-2H3/t18-,19-/m1/s1. The van der Waals surface area contributed by atoms with E-state index in [0.717, 1.165) is 5.56 Å². The number of nitro benzene ring substituents is 2. The number of allylic oxidation sites excluding steroid dienone is 1. The fourth-order valence-corrected chi connectivity index (χ4v) is 3.29. The Kier molecular flexibility index (Phi) is 5.18. The molecule has 2 N–H and O–H groups in total. The zero-order valence-corrected chi connectivity index (χ0v) is 15.2. The van der Waals surface area contributed by atoms with Gasteiger partial charge in [-0.2, -0.15) is 0 Å². The van der Waals surface area contributed by atoms with E-state index in [1.165, 1.54) is 31.2 Å². The highest BCUT2D eigenvalue weighted by molar-refractivity contribution is 5.95. The Morgan fingerprint density at radius 1 is 0.893 bits per heavy atom. The van der Waals surface area contributed by atoms with Gasteiger partial charge in [-0.15, -0.1) is 0 Å². The van der Waals surface area contributed by atoms with Crippen LogP contribution in [-0.2, 0) is 4.79 Å². The van der Waals surface area contributed by atoms with Crippen LogP contribution in [0.1, 0.15) is 37.2 Å². The lowest BCUT2D eigenvalue weighted by Gasteiger charge is -2.35. The van der Waals surface area contributed by atoms with Crippen LogP contribution in [0.25, 0.3) is 0 Å². The molecule has 0 fully saturated rings. The molecule has 9 nitrogen and oxygen atoms in total. The molecule has 0 spiro atoms. The molecular weight excluding hydrogens is 364 g/mol. The number of non-ortho nitro benzene ring substituents is 2. The third-order valence-electron chi connectivity index (χ3n) is 4.64. The van der Waals surface area contributed by atoms with E-state index in [0.29, 0.717) is 16.8 Å². The molecule has 144 valence electrons. The molecule has 1 heterocycles. The zero-order valence-electron chi connectivity index (χ0n) is 15.2. The van der Waals surface area contributed by atoms with Crippen molar-refractivity contribution in [3.8, 4) is 0 Å². The van der Waals surface area contributed by atoms with Crippen molar-refractivity contribution in [1.29, 1.82) is 0 Å². The summed E-state index contributed by atoms with van der Waals surface area (Å²) in [5, 5.41) is 28.3. The summed E-state index contributed by atoms with van der Waals surface area (Å²) in [6.45, 7) is 3.25. The van der Waals surface area contributed by atoms with Gasteiger partial charge in [-0.05, 0) is 37.1 Å². The molecule has 0 amide bonds. The van der Waals surface area contributed by atoms with Crippen LogP contribution in [0.2, 0.25) is 0 Å². The van der Waals surface area contributed by atoms with Gasteiger partial charge < -0.3 is 5.32 Å². The summed E-state index contributed by atoms with van der Waals surface area (Å²) in [5.74, 6) is -0.122. The fraction of sp³-hybridized carbons (Fsp3) is 0.211. The lowest BCUT2D eigenvalue weighted by atomic mass is 9.91. The topological polar surface area (TPSA) is 127 Å². The number of hydrogen-bond acceptors (Lipinski definition) is 7. The first-order valence-corrected chi connectivity index (χ1v) is 8.51. The fourth-order valence-electron chi connectivity index (χ4n) is 3.29. The van der Waals surface area contributed by atoms with Gasteiger partial charge in [-0.3, -0.25) is 30.3 Å². The number of hydrogen-bond donors (Lipinski definition) is 2. The Bertz CT molecular complexity index is 967. The normalized spacial score (nSPS) is 19.1. The molecule has 0 aliphatic carbocycles. The van der Waals surface area contributed by atoms with Gasteiger partial charge in [-0.1, -0.05) is 12.1 Å². The molecule has 0 bridgehead atoms. The van der Waals surface area contributed by atoms with Gasteiger partial charge in [-0.25, -0.2) is 0 Å². The van der Waals surface area contributed by atoms with Crippen molar-refractivity contribution in [1.82, 2.24) is 10.6 Å². The molecule has 0 radical (unpaired) electrons. The predicted molar refractivity (Wildman–Crippen MR) is 101 cm³/mol. The molecule has 0 aromatic heterocycles. The average molecular weight is 382 g/mol. The van der Waals surface area contributed by atoms with Crippen molar-refractivity contribution in [2.45, 2.75) is 26.1 Å². The summed E-state index contributed by atoms with van der Waals surface area (Å²) < 4.78 is 0. The number of benzene rings is 2. The second kappa shape index (κ2) is 7.57. The first kappa shape index (κ1) is 19.2. The van der Waals surface area contributed by atoms with Crippen molar-refractivity contribution in [2.75, 3.05) is 0 Å². The number of nitrogens with zero attached hydrogens (tertiary/aromatic N) is 2. The highest BCUT2D eigenvalue weighted by Gasteiger charge is 2.31. The van der Waals surface area contributed by atoms with Crippen molar-refractivity contribution in [3.63, 3.8) is 0 Å². The minimum Gasteiger partial charge on any atom is -0.369 e. The summed E-state index contributed by atoms with van der Waals surface area (Å²) in [6, 6.07) is 11.7. The Morgan fingerprint density at radius 3 is 1.79 bits per heavy atom. The summed E-state index contributed by atoms with van der Waals surface area (Å²) in [6.07, 6.45) is -0.385. The summed E-state index contributed by atoms with van der Waals surface area (Å²) in [7, 11) is 0. The van der Waals surface area contributed by atoms with E-state index >= 15 is 0 Å². The largest absolute Gasteiger partial charge is 0.369 e. The van der Waals surface area contributed by atoms with Gasteiger partial charge >= 0.3 is 0 Å². The molecule has 0 saturated carbocycles. The number of ketones is 1. The SMILES string of the molecule is CC(=O)C1=C(C)N[C@@H](c2ccc([N+](=O)[O-])cc2)N[C@@H]1c1ccc([N+](=O)[O-])cc1. The van der Waals surface area contributed by atoms with Crippen LogP contribution >= 0.6 is 0 Å². The van der Waals surface area contributed by atoms with Crippen LogP contribution in [0.4, 0.5) is 11.4 Å². The predicted octanol–water partition coefficient (Wildman–Crippen LogP) is 3.30. The number of carbonyl (C=O) groups is 1. The highest BCUT2D eigenvalue weighted by atomic mass is 16.6. The van der Waals surface area contributed by atoms with Crippen molar-refractivity contribution >= 4 is 17.2 Å². The van der Waals surface area contributed by atoms with Crippen LogP contribution in [0, 0.1) is 20.2 Å². The molecule has 1 aliphatic rings. The second-order valence-electron chi connectivity index (χ2n) is 6.47. The zero-order chi connectivity index (χ0) is 20.4. The molecule has 3 rings (SSSR count). The Hall–Kier alpha value is -3.59. The monoisotopic (exact) mass is 382 g/mol. The number of Topliss-reactive ketones (excluding diaryl/α,β-unsaturated/α-hetero) is 1. The van der Waals surface area contributed by atoms with Crippen LogP contribution in [0.5, 0.6) is 0 Å². The summed E-state index contributed by atoms with van der Waals surface area (Å²) in [4.78, 5) is 33.0. The van der Waals surface area contributed by atoms with Crippen LogP contribution in [-0.4, -0.2) is 15.6 Å². The molecule has 2 aromatic carbocycles. The minimum absolute atomic E-state index is 0.0110. The lowest BCUT2D eigenvalue weighted by Crippen LogP contribution is -2.43. The average Bonchev–Trinajstić information content (AvgIpc) is 2.67. The van der Waals surface area contributed by atoms with E-state index in [1.807, 2.05) is 0 Å². The third kappa shape index (κ3) is 3.74. The van der Waals surface area contributed by atoms with E-state index in [2.05, 4.69) is 10.6 Å². The van der Waals surface area contributed by atoms with Crippen molar-refractivity contribution < 1.29 is 14.6 Å². The Morgan fingerprint density at radius 2 is 1.36 bits per heavy atom. The van der Waals surface area contributed by atoms with Crippen molar-refractivity contribution in [2.24, 2.45) is 0 Å². The number of carbonyl (C=O) groups excluding carboxylic acids is 1. The number of nitro groups is 2. The summed E-state index contributed by atoms with van der Waals surface area (Å²) >= 11 is 0.